The summed E-state index contributed by atoms with van der Waals surface area (Å²) in [5, 5.41) is 6.25. The van der Waals surface area contributed by atoms with Crippen LogP contribution in [0.4, 0.5) is 0 Å². The lowest BCUT2D eigenvalue weighted by atomic mass is 10.1. The standard InChI is InChI=1S/C8H16ClN3/c1-6(2)8-11(9)5-10-12(8)7(3)4/h5-8H,1-4H3. The van der Waals surface area contributed by atoms with Crippen LogP contribution in [-0.2, 0) is 0 Å². The van der Waals surface area contributed by atoms with Crippen LogP contribution in [0.25, 0.3) is 0 Å². The van der Waals surface area contributed by atoms with Gasteiger partial charge in [0, 0.05) is 17.8 Å². The summed E-state index contributed by atoms with van der Waals surface area (Å²) in [6.07, 6.45) is 1.87. The van der Waals surface area contributed by atoms with Crippen molar-refractivity contribution >= 4 is 18.1 Å². The Balaban J connectivity index is 2.69. The van der Waals surface area contributed by atoms with E-state index in [-0.39, 0.29) is 6.17 Å². The minimum Gasteiger partial charge on any atom is -0.269 e. The Morgan fingerprint density at radius 3 is 2.25 bits per heavy atom. The number of hydrogen-bond donors (Lipinski definition) is 0. The molecule has 0 amide bonds. The summed E-state index contributed by atoms with van der Waals surface area (Å²) in [7, 11) is 0. The maximum absolute atomic E-state index is 5.95. The van der Waals surface area contributed by atoms with Crippen molar-refractivity contribution in [1.29, 1.82) is 0 Å². The lowest BCUT2D eigenvalue weighted by molar-refractivity contribution is 0.0979. The Morgan fingerprint density at radius 2 is 1.92 bits per heavy atom. The molecule has 1 heterocycles. The fourth-order valence-electron chi connectivity index (χ4n) is 1.39. The van der Waals surface area contributed by atoms with Gasteiger partial charge in [0.25, 0.3) is 0 Å². The molecule has 0 radical (unpaired) electrons. The van der Waals surface area contributed by atoms with Crippen LogP contribution in [0.1, 0.15) is 27.7 Å². The maximum atomic E-state index is 5.95. The summed E-state index contributed by atoms with van der Waals surface area (Å²) in [6, 6.07) is 0.400. The molecule has 0 spiro atoms. The Labute approximate surface area is 79.1 Å². The largest absolute Gasteiger partial charge is 0.269 e. The van der Waals surface area contributed by atoms with E-state index < -0.39 is 0 Å². The van der Waals surface area contributed by atoms with Crippen LogP contribution in [0.5, 0.6) is 0 Å². The van der Waals surface area contributed by atoms with Gasteiger partial charge in [0.2, 0.25) is 0 Å². The van der Waals surface area contributed by atoms with E-state index in [0.717, 1.165) is 0 Å². The third-order valence-electron chi connectivity index (χ3n) is 1.94. The van der Waals surface area contributed by atoms with Gasteiger partial charge in [-0.2, -0.15) is 5.10 Å². The first-order valence-electron chi connectivity index (χ1n) is 4.30. The van der Waals surface area contributed by atoms with Crippen molar-refractivity contribution in [3.63, 3.8) is 0 Å². The highest BCUT2D eigenvalue weighted by Crippen LogP contribution is 2.23. The Morgan fingerprint density at radius 1 is 1.33 bits per heavy atom. The van der Waals surface area contributed by atoms with Gasteiger partial charge < -0.3 is 0 Å². The molecule has 1 aliphatic rings. The third kappa shape index (κ3) is 1.66. The molecular weight excluding hydrogens is 174 g/mol. The van der Waals surface area contributed by atoms with Gasteiger partial charge in [-0.15, -0.1) is 0 Å². The second-order valence-corrected chi connectivity index (χ2v) is 4.10. The van der Waals surface area contributed by atoms with E-state index in [4.69, 9.17) is 11.8 Å². The highest BCUT2D eigenvalue weighted by atomic mass is 35.5. The molecule has 0 aromatic rings. The van der Waals surface area contributed by atoms with Crippen molar-refractivity contribution in [3.8, 4) is 0 Å². The number of halogens is 1. The summed E-state index contributed by atoms with van der Waals surface area (Å²) in [4.78, 5) is 0. The number of rotatable bonds is 2. The zero-order chi connectivity index (χ0) is 9.30. The topological polar surface area (TPSA) is 18.8 Å². The first-order chi connectivity index (χ1) is 5.54. The Bertz CT molecular complexity index is 179. The van der Waals surface area contributed by atoms with Crippen LogP contribution < -0.4 is 0 Å². The van der Waals surface area contributed by atoms with Gasteiger partial charge in [0.05, 0.1) is 0 Å². The van der Waals surface area contributed by atoms with Gasteiger partial charge in [-0.1, -0.05) is 13.8 Å². The van der Waals surface area contributed by atoms with Crippen molar-refractivity contribution in [2.75, 3.05) is 0 Å². The van der Waals surface area contributed by atoms with Crippen LogP contribution in [-0.4, -0.2) is 28.0 Å². The molecule has 3 nitrogen and oxygen atoms in total. The van der Waals surface area contributed by atoms with Crippen molar-refractivity contribution in [3.05, 3.63) is 0 Å². The van der Waals surface area contributed by atoms with Gasteiger partial charge in [-0.3, -0.25) is 5.01 Å². The van der Waals surface area contributed by atoms with Gasteiger partial charge >= 0.3 is 0 Å². The van der Waals surface area contributed by atoms with Crippen molar-refractivity contribution in [2.24, 2.45) is 11.0 Å². The zero-order valence-corrected chi connectivity index (χ0v) is 8.78. The summed E-state index contributed by atoms with van der Waals surface area (Å²) in [5.74, 6) is 0.479. The summed E-state index contributed by atoms with van der Waals surface area (Å²) in [6.45, 7) is 8.51. The van der Waals surface area contributed by atoms with E-state index in [0.29, 0.717) is 12.0 Å². The maximum Gasteiger partial charge on any atom is 0.137 e. The summed E-state index contributed by atoms with van der Waals surface area (Å²) < 4.78 is 1.64. The molecular formula is C8H16ClN3. The lowest BCUT2D eigenvalue weighted by Crippen LogP contribution is -2.42. The zero-order valence-electron chi connectivity index (χ0n) is 8.03. The molecule has 1 aliphatic heterocycles. The highest BCUT2D eigenvalue weighted by Gasteiger charge is 2.31. The monoisotopic (exact) mass is 189 g/mol. The third-order valence-corrected chi connectivity index (χ3v) is 2.23. The molecule has 1 unspecified atom stereocenters. The predicted octanol–water partition coefficient (Wildman–Crippen LogP) is 2.09. The molecule has 1 atom stereocenters. The van der Waals surface area contributed by atoms with Crippen molar-refractivity contribution < 1.29 is 0 Å². The quantitative estimate of drug-likeness (QED) is 0.620. The second kappa shape index (κ2) is 3.52. The molecule has 0 aliphatic carbocycles. The van der Waals surface area contributed by atoms with E-state index in [9.17, 15) is 0 Å². The van der Waals surface area contributed by atoms with Gasteiger partial charge in [-0.25, -0.2) is 4.42 Å². The molecule has 0 aromatic carbocycles. The van der Waals surface area contributed by atoms with Crippen molar-refractivity contribution in [2.45, 2.75) is 39.9 Å². The number of hydrogen-bond acceptors (Lipinski definition) is 3. The minimum absolute atomic E-state index is 0.201. The predicted molar refractivity (Wildman–Crippen MR) is 51.8 cm³/mol. The first-order valence-corrected chi connectivity index (χ1v) is 4.64. The molecule has 0 N–H and O–H groups in total. The number of nitrogens with zero attached hydrogens (tertiary/aromatic N) is 3. The molecule has 70 valence electrons. The van der Waals surface area contributed by atoms with Crippen LogP contribution >= 0.6 is 11.8 Å². The fourth-order valence-corrected chi connectivity index (χ4v) is 1.74. The highest BCUT2D eigenvalue weighted by molar-refractivity contribution is 6.19. The molecule has 0 bridgehead atoms. The van der Waals surface area contributed by atoms with Crippen LogP contribution in [0.3, 0.4) is 0 Å². The lowest BCUT2D eigenvalue weighted by Gasteiger charge is -2.32. The Hall–Kier alpha value is -0.440. The van der Waals surface area contributed by atoms with Gasteiger partial charge in [0.1, 0.15) is 12.5 Å². The molecule has 0 fully saturated rings. The van der Waals surface area contributed by atoms with E-state index >= 15 is 0 Å². The fraction of sp³-hybridized carbons (Fsp3) is 0.875. The molecule has 4 heteroatoms. The van der Waals surface area contributed by atoms with Crippen LogP contribution in [0.15, 0.2) is 5.10 Å². The first kappa shape index (κ1) is 9.65. The van der Waals surface area contributed by atoms with E-state index in [1.165, 1.54) is 0 Å². The molecule has 0 aromatic heterocycles. The van der Waals surface area contributed by atoms with Gasteiger partial charge in [-0.05, 0) is 19.8 Å². The summed E-state index contributed by atoms with van der Waals surface area (Å²) >= 11 is 5.95. The van der Waals surface area contributed by atoms with Gasteiger partial charge in [0.15, 0.2) is 0 Å². The Kier molecular flexibility index (Phi) is 2.83. The average Bonchev–Trinajstić information content (AvgIpc) is 2.30. The van der Waals surface area contributed by atoms with Crippen molar-refractivity contribution in [1.82, 2.24) is 9.43 Å². The van der Waals surface area contributed by atoms with E-state index in [1.54, 1.807) is 10.8 Å². The van der Waals surface area contributed by atoms with E-state index in [1.807, 2.05) is 5.01 Å². The van der Waals surface area contributed by atoms with E-state index in [2.05, 4.69) is 32.8 Å². The second-order valence-electron chi connectivity index (χ2n) is 3.71. The average molecular weight is 190 g/mol. The van der Waals surface area contributed by atoms with Crippen LogP contribution in [0, 0.1) is 5.92 Å². The SMILES string of the molecule is CC(C)C1N(Cl)C=NN1C(C)C. The minimum atomic E-state index is 0.201. The molecule has 1 rings (SSSR count). The molecule has 12 heavy (non-hydrogen) atoms. The summed E-state index contributed by atoms with van der Waals surface area (Å²) in [5.41, 5.74) is 0. The number of hydrazone groups is 1. The normalized spacial score (nSPS) is 23.4. The molecule has 0 saturated heterocycles. The molecule has 0 saturated carbocycles. The smallest absolute Gasteiger partial charge is 0.137 e. The van der Waals surface area contributed by atoms with Crippen LogP contribution in [0.2, 0.25) is 0 Å².